The van der Waals surface area contributed by atoms with Gasteiger partial charge in [-0.2, -0.15) is 0 Å². The van der Waals surface area contributed by atoms with Crippen LogP contribution in [-0.2, 0) is 4.74 Å². The maximum atomic E-state index is 14.5. The van der Waals surface area contributed by atoms with Crippen molar-refractivity contribution in [3.05, 3.63) is 71.0 Å². The van der Waals surface area contributed by atoms with E-state index in [-0.39, 0.29) is 5.78 Å². The van der Waals surface area contributed by atoms with Crippen LogP contribution in [0.5, 0.6) is 0 Å². The van der Waals surface area contributed by atoms with Crippen LogP contribution in [0.25, 0.3) is 5.57 Å². The van der Waals surface area contributed by atoms with Gasteiger partial charge >= 0.3 is 0 Å². The molecule has 27 heavy (non-hydrogen) atoms. The molecule has 2 aromatic carbocycles. The Labute approximate surface area is 158 Å². The summed E-state index contributed by atoms with van der Waals surface area (Å²) in [5.74, 6) is -0.556. The highest BCUT2D eigenvalue weighted by atomic mass is 19.1. The Morgan fingerprint density at radius 1 is 1.07 bits per heavy atom. The topological polar surface area (TPSA) is 41.6 Å². The Balaban J connectivity index is 1.53. The van der Waals surface area contributed by atoms with Gasteiger partial charge in [-0.25, -0.2) is 4.39 Å². The minimum atomic E-state index is -0.406. The van der Waals surface area contributed by atoms with Gasteiger partial charge in [0, 0.05) is 36.4 Å². The molecular formula is C22H23FN2O2. The Morgan fingerprint density at radius 3 is 2.59 bits per heavy atom. The van der Waals surface area contributed by atoms with E-state index in [1.807, 2.05) is 18.2 Å². The Kier molecular flexibility index (Phi) is 5.05. The zero-order chi connectivity index (χ0) is 18.8. The molecule has 1 heterocycles. The number of hydrogen-bond donors (Lipinski definition) is 1. The predicted octanol–water partition coefficient (Wildman–Crippen LogP) is 3.57. The van der Waals surface area contributed by atoms with Crippen LogP contribution in [0.3, 0.4) is 0 Å². The minimum Gasteiger partial charge on any atom is -0.384 e. The highest BCUT2D eigenvalue weighted by Crippen LogP contribution is 2.39. The lowest BCUT2D eigenvalue weighted by Crippen LogP contribution is -2.37. The standard InChI is InChI=1S/C22H23FN2O2/c1-15-16-5-2-3-6-17(16)22(26)21-19(8-7-18(23)20(15)21)24-9-4-10-25-11-13-27-14-12-25/h2-3,5-8,24H,1,4,9-14H2. The lowest BCUT2D eigenvalue weighted by Gasteiger charge is -2.27. The third kappa shape index (κ3) is 3.40. The SMILES string of the molecule is C=C1c2ccccc2C(=O)c2c(NCCCN3CCOCC3)ccc(F)c21. The maximum Gasteiger partial charge on any atom is 0.196 e. The van der Waals surface area contributed by atoms with Gasteiger partial charge in [-0.15, -0.1) is 0 Å². The van der Waals surface area contributed by atoms with E-state index in [0.717, 1.165) is 45.8 Å². The lowest BCUT2D eigenvalue weighted by atomic mass is 9.81. The zero-order valence-corrected chi connectivity index (χ0v) is 15.3. The van der Waals surface area contributed by atoms with Gasteiger partial charge in [0.1, 0.15) is 5.82 Å². The van der Waals surface area contributed by atoms with Crippen molar-refractivity contribution in [1.29, 1.82) is 0 Å². The molecule has 0 aromatic heterocycles. The quantitative estimate of drug-likeness (QED) is 0.701. The molecular weight excluding hydrogens is 343 g/mol. The number of fused-ring (bicyclic) bond motifs is 2. The van der Waals surface area contributed by atoms with Crippen LogP contribution in [0.15, 0.2) is 43.0 Å². The van der Waals surface area contributed by atoms with Gasteiger partial charge in [-0.3, -0.25) is 9.69 Å². The van der Waals surface area contributed by atoms with Crippen LogP contribution >= 0.6 is 0 Å². The van der Waals surface area contributed by atoms with Crippen molar-refractivity contribution in [3.8, 4) is 0 Å². The van der Waals surface area contributed by atoms with E-state index in [0.29, 0.717) is 33.5 Å². The third-order valence-electron chi connectivity index (χ3n) is 5.25. The summed E-state index contributed by atoms with van der Waals surface area (Å²) in [7, 11) is 0. The number of benzene rings is 2. The monoisotopic (exact) mass is 366 g/mol. The van der Waals surface area contributed by atoms with Gasteiger partial charge < -0.3 is 10.1 Å². The van der Waals surface area contributed by atoms with E-state index in [4.69, 9.17) is 4.74 Å². The number of hydrogen-bond acceptors (Lipinski definition) is 4. The van der Waals surface area contributed by atoms with Gasteiger partial charge in [0.15, 0.2) is 5.78 Å². The molecule has 4 nitrogen and oxygen atoms in total. The fourth-order valence-electron chi connectivity index (χ4n) is 3.82. The van der Waals surface area contributed by atoms with Crippen molar-refractivity contribution in [2.24, 2.45) is 0 Å². The number of carbonyl (C=O) groups is 1. The summed E-state index contributed by atoms with van der Waals surface area (Å²) in [6.45, 7) is 9.24. The number of nitrogens with one attached hydrogen (secondary N) is 1. The average molecular weight is 366 g/mol. The van der Waals surface area contributed by atoms with Gasteiger partial charge in [0.2, 0.25) is 0 Å². The van der Waals surface area contributed by atoms with E-state index in [2.05, 4.69) is 16.8 Å². The number of carbonyl (C=O) groups excluding carboxylic acids is 1. The molecule has 4 rings (SSSR count). The van der Waals surface area contributed by atoms with Gasteiger partial charge in [0.05, 0.1) is 18.8 Å². The second-order valence-electron chi connectivity index (χ2n) is 6.93. The molecule has 0 amide bonds. The first-order chi connectivity index (χ1) is 13.2. The summed E-state index contributed by atoms with van der Waals surface area (Å²) in [4.78, 5) is 15.4. The predicted molar refractivity (Wildman–Crippen MR) is 105 cm³/mol. The van der Waals surface area contributed by atoms with E-state index < -0.39 is 5.82 Å². The van der Waals surface area contributed by atoms with Crippen molar-refractivity contribution < 1.29 is 13.9 Å². The molecule has 1 fully saturated rings. The lowest BCUT2D eigenvalue weighted by molar-refractivity contribution is 0.0378. The summed E-state index contributed by atoms with van der Waals surface area (Å²) in [6, 6.07) is 10.3. The van der Waals surface area contributed by atoms with Crippen molar-refractivity contribution >= 4 is 17.0 Å². The summed E-state index contributed by atoms with van der Waals surface area (Å²) in [5.41, 5.74) is 3.24. The molecule has 0 saturated carbocycles. The number of ketones is 1. The van der Waals surface area contributed by atoms with Crippen LogP contribution in [0, 0.1) is 5.82 Å². The van der Waals surface area contributed by atoms with Crippen molar-refractivity contribution in [1.82, 2.24) is 4.90 Å². The number of ether oxygens (including phenoxy) is 1. The zero-order valence-electron chi connectivity index (χ0n) is 15.3. The average Bonchev–Trinajstić information content (AvgIpc) is 2.71. The number of nitrogens with zero attached hydrogens (tertiary/aromatic N) is 1. The van der Waals surface area contributed by atoms with Crippen LogP contribution in [0.1, 0.15) is 33.5 Å². The molecule has 1 aliphatic carbocycles. The Hall–Kier alpha value is -2.50. The van der Waals surface area contributed by atoms with Gasteiger partial charge in [-0.1, -0.05) is 30.8 Å². The molecule has 5 heteroatoms. The number of rotatable bonds is 5. The van der Waals surface area contributed by atoms with E-state index in [1.54, 1.807) is 12.1 Å². The number of anilines is 1. The van der Waals surface area contributed by atoms with Crippen molar-refractivity contribution in [3.63, 3.8) is 0 Å². The third-order valence-corrected chi connectivity index (χ3v) is 5.25. The summed E-state index contributed by atoms with van der Waals surface area (Å²) >= 11 is 0. The van der Waals surface area contributed by atoms with Crippen molar-refractivity contribution in [2.45, 2.75) is 6.42 Å². The molecule has 2 aromatic rings. The van der Waals surface area contributed by atoms with E-state index >= 15 is 0 Å². The first kappa shape index (κ1) is 17.9. The first-order valence-electron chi connectivity index (χ1n) is 9.36. The van der Waals surface area contributed by atoms with Crippen LogP contribution in [0.4, 0.5) is 10.1 Å². The highest BCUT2D eigenvalue weighted by molar-refractivity contribution is 6.21. The molecule has 1 N–H and O–H groups in total. The van der Waals surface area contributed by atoms with E-state index in [1.165, 1.54) is 6.07 Å². The summed E-state index contributed by atoms with van der Waals surface area (Å²) in [5, 5.41) is 3.33. The van der Waals surface area contributed by atoms with E-state index in [9.17, 15) is 9.18 Å². The van der Waals surface area contributed by atoms with Gasteiger partial charge in [-0.05, 0) is 36.2 Å². The van der Waals surface area contributed by atoms with Gasteiger partial charge in [0.25, 0.3) is 0 Å². The molecule has 0 radical (unpaired) electrons. The van der Waals surface area contributed by atoms with Crippen LogP contribution in [-0.4, -0.2) is 50.1 Å². The molecule has 0 bridgehead atoms. The summed E-state index contributed by atoms with van der Waals surface area (Å²) < 4.78 is 19.9. The molecule has 1 saturated heterocycles. The molecule has 0 unspecified atom stereocenters. The van der Waals surface area contributed by atoms with Crippen LogP contribution < -0.4 is 5.32 Å². The second-order valence-corrected chi connectivity index (χ2v) is 6.93. The fourth-order valence-corrected chi connectivity index (χ4v) is 3.82. The molecule has 0 atom stereocenters. The Bertz CT molecular complexity index is 888. The molecule has 0 spiro atoms. The largest absolute Gasteiger partial charge is 0.384 e. The normalized spacial score (nSPS) is 16.8. The molecule has 140 valence electrons. The van der Waals surface area contributed by atoms with Crippen molar-refractivity contribution in [2.75, 3.05) is 44.7 Å². The number of morpholine rings is 1. The molecule has 2 aliphatic rings. The smallest absolute Gasteiger partial charge is 0.196 e. The second kappa shape index (κ2) is 7.62. The minimum absolute atomic E-state index is 0.150. The van der Waals surface area contributed by atoms with Crippen LogP contribution in [0.2, 0.25) is 0 Å². The molecule has 1 aliphatic heterocycles. The first-order valence-corrected chi connectivity index (χ1v) is 9.36. The summed E-state index contributed by atoms with van der Waals surface area (Å²) in [6.07, 6.45) is 0.942. The Morgan fingerprint density at radius 2 is 1.81 bits per heavy atom. The maximum absolute atomic E-state index is 14.5. The number of halogens is 1. The highest BCUT2D eigenvalue weighted by Gasteiger charge is 2.30. The fraction of sp³-hybridized carbons (Fsp3) is 0.318.